The molecular weight excluding hydrogens is 188 g/mol. The van der Waals surface area contributed by atoms with Crippen LogP contribution in [0.4, 0.5) is 0 Å². The Kier molecular flexibility index (Phi) is 2.53. The van der Waals surface area contributed by atoms with Crippen molar-refractivity contribution in [3.05, 3.63) is 59.4 Å². The number of rotatable bonds is 2. The number of hydrogen-bond acceptors (Lipinski definition) is 2. The molecule has 1 atom stereocenters. The van der Waals surface area contributed by atoms with Crippen LogP contribution >= 0.6 is 0 Å². The molecule has 2 N–H and O–H groups in total. The van der Waals surface area contributed by atoms with Crippen molar-refractivity contribution in [3.8, 4) is 6.07 Å². The van der Waals surface area contributed by atoms with Crippen LogP contribution in [-0.2, 0) is 0 Å². The highest BCUT2D eigenvalue weighted by atomic mass is 16.3. The molecule has 0 amide bonds. The number of aromatic amines is 1. The molecule has 0 aliphatic rings. The average molecular weight is 198 g/mol. The molecular formula is C12H10N2O. The normalized spacial score (nSPS) is 12.0. The molecule has 15 heavy (non-hydrogen) atoms. The molecule has 0 saturated carbocycles. The van der Waals surface area contributed by atoms with E-state index in [-0.39, 0.29) is 0 Å². The molecule has 1 aromatic carbocycles. The number of nitriles is 1. The molecule has 3 nitrogen and oxygen atoms in total. The van der Waals surface area contributed by atoms with Gasteiger partial charge in [-0.25, -0.2) is 0 Å². The van der Waals surface area contributed by atoms with Gasteiger partial charge in [-0.3, -0.25) is 0 Å². The Balaban J connectivity index is 2.29. The van der Waals surface area contributed by atoms with E-state index < -0.39 is 6.10 Å². The van der Waals surface area contributed by atoms with E-state index in [0.717, 1.165) is 5.56 Å². The van der Waals surface area contributed by atoms with E-state index in [9.17, 15) is 5.11 Å². The summed E-state index contributed by atoms with van der Waals surface area (Å²) in [5.41, 5.74) is 1.90. The molecule has 0 bridgehead atoms. The van der Waals surface area contributed by atoms with Gasteiger partial charge in [-0.15, -0.1) is 0 Å². The second-order valence-corrected chi connectivity index (χ2v) is 3.25. The summed E-state index contributed by atoms with van der Waals surface area (Å²) in [6.07, 6.45) is -0.701. The highest BCUT2D eigenvalue weighted by molar-refractivity contribution is 5.30. The molecule has 0 saturated heterocycles. The number of aliphatic hydroxyl groups excluding tert-OH is 1. The van der Waals surface area contributed by atoms with Gasteiger partial charge in [0.15, 0.2) is 0 Å². The monoisotopic (exact) mass is 198 g/mol. The smallest absolute Gasteiger partial charge is 0.119 e. The third kappa shape index (κ3) is 1.90. The lowest BCUT2D eigenvalue weighted by molar-refractivity contribution is 0.216. The number of benzene rings is 1. The summed E-state index contributed by atoms with van der Waals surface area (Å²) < 4.78 is 0. The molecule has 1 unspecified atom stereocenters. The van der Waals surface area contributed by atoms with Crippen LogP contribution in [0.15, 0.2) is 42.5 Å². The van der Waals surface area contributed by atoms with Crippen molar-refractivity contribution in [2.45, 2.75) is 6.10 Å². The molecule has 0 aliphatic carbocycles. The predicted molar refractivity (Wildman–Crippen MR) is 56.0 cm³/mol. The van der Waals surface area contributed by atoms with Crippen LogP contribution in [0.3, 0.4) is 0 Å². The first-order valence-corrected chi connectivity index (χ1v) is 4.63. The molecule has 1 aromatic heterocycles. The summed E-state index contributed by atoms with van der Waals surface area (Å²) in [5.74, 6) is 0. The molecule has 0 spiro atoms. The predicted octanol–water partition coefficient (Wildman–Crippen LogP) is 1.97. The topological polar surface area (TPSA) is 59.8 Å². The number of aliphatic hydroxyl groups is 1. The van der Waals surface area contributed by atoms with Gasteiger partial charge in [0, 0.05) is 5.69 Å². The number of aromatic nitrogens is 1. The zero-order valence-electron chi connectivity index (χ0n) is 8.01. The van der Waals surface area contributed by atoms with Gasteiger partial charge in [-0.2, -0.15) is 5.26 Å². The number of nitrogens with one attached hydrogen (secondary N) is 1. The van der Waals surface area contributed by atoms with Crippen LogP contribution in [0, 0.1) is 11.3 Å². The minimum absolute atomic E-state index is 0.458. The minimum atomic E-state index is -0.701. The standard InChI is InChI=1S/C12H10N2O/c13-8-10-6-7-11(14-10)12(15)9-4-2-1-3-5-9/h1-7,12,14-15H. The molecule has 74 valence electrons. The van der Waals surface area contributed by atoms with Crippen molar-refractivity contribution in [2.24, 2.45) is 0 Å². The SMILES string of the molecule is N#Cc1ccc(C(O)c2ccccc2)[nH]1. The summed E-state index contributed by atoms with van der Waals surface area (Å²) in [5, 5.41) is 18.6. The van der Waals surface area contributed by atoms with Gasteiger partial charge in [0.2, 0.25) is 0 Å². The van der Waals surface area contributed by atoms with E-state index in [4.69, 9.17) is 5.26 Å². The van der Waals surface area contributed by atoms with E-state index in [1.807, 2.05) is 36.4 Å². The summed E-state index contributed by atoms with van der Waals surface area (Å²) in [6.45, 7) is 0. The number of nitrogens with zero attached hydrogens (tertiary/aromatic N) is 1. The first-order valence-electron chi connectivity index (χ1n) is 4.63. The molecule has 3 heteroatoms. The van der Waals surface area contributed by atoms with Gasteiger partial charge >= 0.3 is 0 Å². The lowest BCUT2D eigenvalue weighted by Gasteiger charge is -2.08. The minimum Gasteiger partial charge on any atom is -0.382 e. The molecule has 2 aromatic rings. The van der Waals surface area contributed by atoms with Crippen molar-refractivity contribution in [1.82, 2.24) is 4.98 Å². The fourth-order valence-corrected chi connectivity index (χ4v) is 1.45. The number of hydrogen-bond donors (Lipinski definition) is 2. The fourth-order valence-electron chi connectivity index (χ4n) is 1.45. The van der Waals surface area contributed by atoms with Crippen LogP contribution in [0.2, 0.25) is 0 Å². The van der Waals surface area contributed by atoms with Crippen molar-refractivity contribution in [2.75, 3.05) is 0 Å². The Bertz CT molecular complexity index is 482. The van der Waals surface area contributed by atoms with E-state index in [1.54, 1.807) is 12.1 Å². The van der Waals surface area contributed by atoms with Gasteiger partial charge in [-0.05, 0) is 17.7 Å². The maximum absolute atomic E-state index is 9.96. The third-order valence-electron chi connectivity index (χ3n) is 2.24. The van der Waals surface area contributed by atoms with Crippen molar-refractivity contribution in [3.63, 3.8) is 0 Å². The Morgan fingerprint density at radius 3 is 2.47 bits per heavy atom. The first kappa shape index (κ1) is 9.50. The second-order valence-electron chi connectivity index (χ2n) is 3.25. The zero-order chi connectivity index (χ0) is 10.7. The van der Waals surface area contributed by atoms with Crippen molar-refractivity contribution >= 4 is 0 Å². The second kappa shape index (κ2) is 3.99. The zero-order valence-corrected chi connectivity index (χ0v) is 8.01. The van der Waals surface area contributed by atoms with E-state index in [2.05, 4.69) is 4.98 Å². The van der Waals surface area contributed by atoms with Gasteiger partial charge in [0.05, 0.1) is 0 Å². The van der Waals surface area contributed by atoms with Gasteiger partial charge in [0.25, 0.3) is 0 Å². The van der Waals surface area contributed by atoms with Gasteiger partial charge in [-0.1, -0.05) is 30.3 Å². The van der Waals surface area contributed by atoms with Crippen molar-refractivity contribution < 1.29 is 5.11 Å². The van der Waals surface area contributed by atoms with E-state index in [1.165, 1.54) is 0 Å². The average Bonchev–Trinajstić information content (AvgIpc) is 2.78. The van der Waals surface area contributed by atoms with Crippen LogP contribution in [-0.4, -0.2) is 10.1 Å². The first-order chi connectivity index (χ1) is 7.31. The quantitative estimate of drug-likeness (QED) is 0.775. The third-order valence-corrected chi connectivity index (χ3v) is 2.24. The van der Waals surface area contributed by atoms with E-state index >= 15 is 0 Å². The Hall–Kier alpha value is -2.05. The maximum Gasteiger partial charge on any atom is 0.119 e. The Morgan fingerprint density at radius 2 is 1.87 bits per heavy atom. The summed E-state index contributed by atoms with van der Waals surface area (Å²) >= 11 is 0. The lowest BCUT2D eigenvalue weighted by Crippen LogP contribution is -1.99. The maximum atomic E-state index is 9.96. The molecule has 2 rings (SSSR count). The van der Waals surface area contributed by atoms with Gasteiger partial charge < -0.3 is 10.1 Å². The van der Waals surface area contributed by atoms with Crippen LogP contribution in [0.25, 0.3) is 0 Å². The van der Waals surface area contributed by atoms with Gasteiger partial charge in [0.1, 0.15) is 17.9 Å². The Morgan fingerprint density at radius 1 is 1.13 bits per heavy atom. The summed E-state index contributed by atoms with van der Waals surface area (Å²) in [6, 6.07) is 14.7. The van der Waals surface area contributed by atoms with E-state index in [0.29, 0.717) is 11.4 Å². The lowest BCUT2D eigenvalue weighted by atomic mass is 10.1. The van der Waals surface area contributed by atoms with Crippen LogP contribution in [0.5, 0.6) is 0 Å². The fraction of sp³-hybridized carbons (Fsp3) is 0.0833. The number of H-pyrrole nitrogens is 1. The highest BCUT2D eigenvalue weighted by Gasteiger charge is 2.11. The van der Waals surface area contributed by atoms with Crippen LogP contribution < -0.4 is 0 Å². The summed E-state index contributed by atoms with van der Waals surface area (Å²) in [4.78, 5) is 2.85. The van der Waals surface area contributed by atoms with Crippen LogP contribution in [0.1, 0.15) is 23.1 Å². The molecule has 1 heterocycles. The summed E-state index contributed by atoms with van der Waals surface area (Å²) in [7, 11) is 0. The molecule has 0 fully saturated rings. The largest absolute Gasteiger partial charge is 0.382 e. The Labute approximate surface area is 87.6 Å². The van der Waals surface area contributed by atoms with Crippen molar-refractivity contribution in [1.29, 1.82) is 5.26 Å². The highest BCUT2D eigenvalue weighted by Crippen LogP contribution is 2.20. The molecule has 0 radical (unpaired) electrons. The molecule has 0 aliphatic heterocycles.